The summed E-state index contributed by atoms with van der Waals surface area (Å²) in [6, 6.07) is 1.88. The Hall–Kier alpha value is -1.23. The van der Waals surface area contributed by atoms with E-state index in [2.05, 4.69) is 32.6 Å². The topological polar surface area (TPSA) is 55.6 Å². The van der Waals surface area contributed by atoms with Gasteiger partial charge in [0.05, 0.1) is 17.8 Å². The number of rotatable bonds is 6. The first kappa shape index (κ1) is 15.8. The minimum atomic E-state index is -0.359. The number of hydrogen-bond donors (Lipinski definition) is 1. The van der Waals surface area contributed by atoms with Gasteiger partial charge in [-0.1, -0.05) is 27.7 Å². The highest BCUT2D eigenvalue weighted by Crippen LogP contribution is 2.33. The molecule has 0 saturated heterocycles. The number of nitrogen functional groups attached to an aromatic ring is 1. The van der Waals surface area contributed by atoms with Crippen LogP contribution >= 0.6 is 11.3 Å². The van der Waals surface area contributed by atoms with Crippen molar-refractivity contribution in [3.63, 3.8) is 0 Å². The van der Waals surface area contributed by atoms with E-state index in [-0.39, 0.29) is 5.97 Å². The second-order valence-electron chi connectivity index (χ2n) is 5.55. The van der Waals surface area contributed by atoms with E-state index in [9.17, 15) is 4.79 Å². The number of carbonyl (C=O) groups excluding carboxylic acids is 1. The Balaban J connectivity index is 2.99. The lowest BCUT2D eigenvalue weighted by atomic mass is 10.1. The number of nitrogens with two attached hydrogens (primary N) is 1. The first-order valence-corrected chi connectivity index (χ1v) is 7.39. The molecule has 0 aliphatic carbocycles. The Morgan fingerprint density at radius 2 is 1.84 bits per heavy atom. The van der Waals surface area contributed by atoms with E-state index >= 15 is 0 Å². The molecule has 0 unspecified atom stereocenters. The molecule has 0 atom stereocenters. The largest absolute Gasteiger partial charge is 0.465 e. The van der Waals surface area contributed by atoms with Gasteiger partial charge in [0.15, 0.2) is 0 Å². The number of thiophene rings is 1. The van der Waals surface area contributed by atoms with Crippen LogP contribution in [0.4, 0.5) is 10.7 Å². The molecule has 2 N–H and O–H groups in total. The van der Waals surface area contributed by atoms with Gasteiger partial charge in [0.1, 0.15) is 4.88 Å². The van der Waals surface area contributed by atoms with Crippen LogP contribution in [0.15, 0.2) is 6.07 Å². The Kier molecular flexibility index (Phi) is 5.66. The molecule has 1 aromatic rings. The summed E-state index contributed by atoms with van der Waals surface area (Å²) in [4.78, 5) is 14.4. The molecule has 4 nitrogen and oxygen atoms in total. The van der Waals surface area contributed by atoms with Crippen LogP contribution < -0.4 is 10.6 Å². The number of methoxy groups -OCH3 is 1. The summed E-state index contributed by atoms with van der Waals surface area (Å²) in [6.07, 6.45) is 0. The van der Waals surface area contributed by atoms with Crippen LogP contribution in [0.3, 0.4) is 0 Å². The lowest BCUT2D eigenvalue weighted by molar-refractivity contribution is 0.0607. The summed E-state index contributed by atoms with van der Waals surface area (Å²) in [5.74, 6) is 0.759. The summed E-state index contributed by atoms with van der Waals surface area (Å²) >= 11 is 1.41. The van der Waals surface area contributed by atoms with E-state index in [1.807, 2.05) is 6.07 Å². The summed E-state index contributed by atoms with van der Waals surface area (Å²) in [7, 11) is 1.38. The van der Waals surface area contributed by atoms with Crippen LogP contribution in [0.2, 0.25) is 0 Å². The van der Waals surface area contributed by atoms with E-state index in [4.69, 9.17) is 10.5 Å². The molecule has 0 saturated carbocycles. The number of nitrogens with zero attached hydrogens (tertiary/aromatic N) is 1. The second-order valence-corrected chi connectivity index (χ2v) is 6.58. The Morgan fingerprint density at radius 3 is 2.26 bits per heavy atom. The molecule has 0 aliphatic rings. The lowest BCUT2D eigenvalue weighted by Crippen LogP contribution is -2.30. The number of anilines is 2. The number of hydrogen-bond acceptors (Lipinski definition) is 5. The monoisotopic (exact) mass is 284 g/mol. The van der Waals surface area contributed by atoms with Crippen LogP contribution in [0.1, 0.15) is 37.4 Å². The fourth-order valence-corrected chi connectivity index (χ4v) is 2.95. The van der Waals surface area contributed by atoms with Gasteiger partial charge in [-0.3, -0.25) is 0 Å². The van der Waals surface area contributed by atoms with E-state index < -0.39 is 0 Å². The van der Waals surface area contributed by atoms with Crippen LogP contribution in [0.25, 0.3) is 0 Å². The van der Waals surface area contributed by atoms with Crippen molar-refractivity contribution >= 4 is 28.0 Å². The first-order valence-electron chi connectivity index (χ1n) is 6.57. The van der Waals surface area contributed by atoms with Crippen molar-refractivity contribution in [2.24, 2.45) is 11.8 Å². The molecule has 0 fully saturated rings. The fraction of sp³-hybridized carbons (Fsp3) is 0.643. The van der Waals surface area contributed by atoms with Gasteiger partial charge < -0.3 is 15.4 Å². The highest BCUT2D eigenvalue weighted by atomic mass is 32.1. The van der Waals surface area contributed by atoms with E-state index in [0.29, 0.717) is 22.4 Å². The highest BCUT2D eigenvalue weighted by molar-refractivity contribution is 7.18. The van der Waals surface area contributed by atoms with Crippen molar-refractivity contribution in [3.05, 3.63) is 10.9 Å². The van der Waals surface area contributed by atoms with Gasteiger partial charge in [0.2, 0.25) is 0 Å². The maximum Gasteiger partial charge on any atom is 0.350 e. The van der Waals surface area contributed by atoms with Crippen molar-refractivity contribution in [1.29, 1.82) is 0 Å². The zero-order chi connectivity index (χ0) is 14.6. The Morgan fingerprint density at radius 1 is 1.32 bits per heavy atom. The van der Waals surface area contributed by atoms with Crippen molar-refractivity contribution < 1.29 is 9.53 Å². The standard InChI is InChI=1S/C14H24N2O2S/c1-9(2)7-16(8-10(3)4)12-6-11(15)13(19-12)14(17)18-5/h6,9-10H,7-8,15H2,1-5H3. The fourth-order valence-electron chi connectivity index (χ4n) is 1.94. The molecule has 0 aromatic carbocycles. The van der Waals surface area contributed by atoms with E-state index in [0.717, 1.165) is 18.1 Å². The molecule has 1 heterocycles. The lowest BCUT2D eigenvalue weighted by Gasteiger charge is -2.26. The summed E-state index contributed by atoms with van der Waals surface area (Å²) in [5, 5.41) is 1.04. The minimum Gasteiger partial charge on any atom is -0.465 e. The molecule has 0 radical (unpaired) electrons. The molecule has 0 amide bonds. The molecule has 0 aliphatic heterocycles. The third-order valence-corrected chi connectivity index (χ3v) is 3.79. The van der Waals surface area contributed by atoms with Crippen molar-refractivity contribution in [2.75, 3.05) is 30.8 Å². The normalized spacial score (nSPS) is 11.1. The molecule has 19 heavy (non-hydrogen) atoms. The van der Waals surface area contributed by atoms with Gasteiger partial charge in [-0.25, -0.2) is 4.79 Å². The summed E-state index contributed by atoms with van der Waals surface area (Å²) in [6.45, 7) is 10.7. The van der Waals surface area contributed by atoms with Crippen molar-refractivity contribution in [2.45, 2.75) is 27.7 Å². The molecule has 1 rings (SSSR count). The number of carbonyl (C=O) groups is 1. The smallest absolute Gasteiger partial charge is 0.350 e. The maximum atomic E-state index is 11.6. The van der Waals surface area contributed by atoms with E-state index in [1.165, 1.54) is 18.4 Å². The second kappa shape index (κ2) is 6.80. The van der Waals surface area contributed by atoms with Gasteiger partial charge in [-0.05, 0) is 17.9 Å². The Bertz CT molecular complexity index is 417. The predicted octanol–water partition coefficient (Wildman–Crippen LogP) is 3.24. The van der Waals surface area contributed by atoms with Gasteiger partial charge in [-0.2, -0.15) is 0 Å². The molecular formula is C14H24N2O2S. The van der Waals surface area contributed by atoms with Gasteiger partial charge >= 0.3 is 5.97 Å². The van der Waals surface area contributed by atoms with Gasteiger partial charge in [-0.15, -0.1) is 11.3 Å². The SMILES string of the molecule is COC(=O)c1sc(N(CC(C)C)CC(C)C)cc1N. The molecule has 0 spiro atoms. The molecule has 108 valence electrons. The average Bonchev–Trinajstić information content (AvgIpc) is 2.68. The van der Waals surface area contributed by atoms with Crippen molar-refractivity contribution in [1.82, 2.24) is 0 Å². The predicted molar refractivity (Wildman–Crippen MR) is 82.0 cm³/mol. The van der Waals surface area contributed by atoms with Crippen LogP contribution in [-0.4, -0.2) is 26.2 Å². The maximum absolute atomic E-state index is 11.6. The molecule has 1 aromatic heterocycles. The van der Waals surface area contributed by atoms with Gasteiger partial charge in [0, 0.05) is 13.1 Å². The van der Waals surface area contributed by atoms with Crippen LogP contribution in [-0.2, 0) is 4.74 Å². The van der Waals surface area contributed by atoms with Crippen LogP contribution in [0, 0.1) is 11.8 Å². The molecule has 0 bridgehead atoms. The minimum absolute atomic E-state index is 0.359. The average molecular weight is 284 g/mol. The zero-order valence-corrected chi connectivity index (χ0v) is 13.2. The molecule has 5 heteroatoms. The van der Waals surface area contributed by atoms with E-state index in [1.54, 1.807) is 0 Å². The first-order chi connectivity index (χ1) is 8.85. The number of esters is 1. The zero-order valence-electron chi connectivity index (χ0n) is 12.4. The quantitative estimate of drug-likeness (QED) is 0.815. The highest BCUT2D eigenvalue weighted by Gasteiger charge is 2.19. The van der Waals surface area contributed by atoms with Crippen molar-refractivity contribution in [3.8, 4) is 0 Å². The third-order valence-electron chi connectivity index (χ3n) is 2.60. The van der Waals surface area contributed by atoms with Crippen LogP contribution in [0.5, 0.6) is 0 Å². The summed E-state index contributed by atoms with van der Waals surface area (Å²) < 4.78 is 4.75. The third kappa shape index (κ3) is 4.42. The Labute approximate surface area is 119 Å². The molecular weight excluding hydrogens is 260 g/mol. The number of ether oxygens (including phenoxy) is 1. The van der Waals surface area contributed by atoms with Gasteiger partial charge in [0.25, 0.3) is 0 Å². The summed E-state index contributed by atoms with van der Waals surface area (Å²) in [5.41, 5.74) is 6.40.